The van der Waals surface area contributed by atoms with Crippen LogP contribution in [0.15, 0.2) is 61.3 Å². The van der Waals surface area contributed by atoms with Gasteiger partial charge in [0.15, 0.2) is 0 Å². The van der Waals surface area contributed by atoms with Crippen LogP contribution in [0.2, 0.25) is 0 Å². The molecule has 176 valence electrons. The first kappa shape index (κ1) is 29.7. The Morgan fingerprint density at radius 1 is 1.32 bits per heavy atom. The molecule has 2 heterocycles. The average Bonchev–Trinajstić information content (AvgIpc) is 3.24. The molecule has 0 amide bonds. The fourth-order valence-corrected chi connectivity index (χ4v) is 3.91. The number of hydrogen-bond donors (Lipinski definition) is 5. The molecule has 34 heavy (non-hydrogen) atoms. The number of pyridine rings is 1. The van der Waals surface area contributed by atoms with Gasteiger partial charge in [-0.1, -0.05) is 24.8 Å². The van der Waals surface area contributed by atoms with Gasteiger partial charge in [-0.15, -0.1) is 0 Å². The quantitative estimate of drug-likeness (QED) is 0.120. The van der Waals surface area contributed by atoms with Gasteiger partial charge in [0, 0.05) is 29.2 Å². The number of nitrogens with two attached hydrogens (primary N) is 3. The normalized spacial score (nSPS) is 16.7. The molecule has 1 aromatic carbocycles. The molecule has 3 rings (SSSR count). The van der Waals surface area contributed by atoms with Crippen molar-refractivity contribution in [3.63, 3.8) is 0 Å². The Morgan fingerprint density at radius 2 is 2.03 bits per heavy atom. The molecular weight excluding hydrogens is 440 g/mol. The van der Waals surface area contributed by atoms with E-state index in [2.05, 4.69) is 42.0 Å². The fraction of sp³-hybridized carbons (Fsp3) is 0.280. The van der Waals surface area contributed by atoms with Crippen molar-refractivity contribution in [3.8, 4) is 0 Å². The largest absolute Gasteiger partial charge is 1.00 e. The van der Waals surface area contributed by atoms with Crippen molar-refractivity contribution < 1.29 is 33.9 Å². The first-order valence-electron chi connectivity index (χ1n) is 10.6. The molecule has 1 aromatic heterocycles. The second kappa shape index (κ2) is 14.2. The summed E-state index contributed by atoms with van der Waals surface area (Å²) in [5.74, 6) is -0.692. The van der Waals surface area contributed by atoms with Crippen LogP contribution in [0, 0.1) is 17.9 Å². The van der Waals surface area contributed by atoms with Gasteiger partial charge in [-0.3, -0.25) is 11.5 Å². The summed E-state index contributed by atoms with van der Waals surface area (Å²) < 4.78 is 14.6. The molecule has 0 spiro atoms. The van der Waals surface area contributed by atoms with E-state index in [0.29, 0.717) is 11.4 Å². The number of allylic oxidation sites excluding steroid dienone is 1. The molecule has 1 aliphatic heterocycles. The minimum atomic E-state index is -0.940. The monoisotopic (exact) mass is 473 g/mol. The van der Waals surface area contributed by atoms with Gasteiger partial charge in [-0.05, 0) is 61.8 Å². The van der Waals surface area contributed by atoms with E-state index in [9.17, 15) is 4.39 Å². The molecule has 0 saturated carbocycles. The smallest absolute Gasteiger partial charge is 0.521 e. The van der Waals surface area contributed by atoms with Crippen LogP contribution in [0.5, 0.6) is 0 Å². The summed E-state index contributed by atoms with van der Waals surface area (Å²) in [5, 5.41) is 10.7. The molecule has 8 N–H and O–H groups in total. The molecule has 9 heteroatoms. The van der Waals surface area contributed by atoms with Crippen LogP contribution in [0.25, 0.3) is 5.70 Å². The molecule has 0 radical (unpaired) electrons. The Hall–Kier alpha value is -2.33. The predicted molar refractivity (Wildman–Crippen MR) is 132 cm³/mol. The zero-order valence-corrected chi connectivity index (χ0v) is 22.0. The molecule has 0 aliphatic carbocycles. The molecule has 7 nitrogen and oxygen atoms in total. The second-order valence-corrected chi connectivity index (χ2v) is 7.80. The van der Waals surface area contributed by atoms with Crippen molar-refractivity contribution in [3.05, 3.63) is 96.2 Å². The van der Waals surface area contributed by atoms with Crippen molar-refractivity contribution in [2.24, 2.45) is 17.2 Å². The zero-order valence-electron chi connectivity index (χ0n) is 20.0. The van der Waals surface area contributed by atoms with E-state index in [4.69, 9.17) is 22.6 Å². The number of benzene rings is 1. The maximum absolute atomic E-state index is 14.6. The van der Waals surface area contributed by atoms with E-state index >= 15 is 0 Å². The molecular formula is C25H33FN7Na. The van der Waals surface area contributed by atoms with E-state index in [-0.39, 0.29) is 41.2 Å². The Morgan fingerprint density at radius 3 is 2.59 bits per heavy atom. The number of aromatic nitrogens is 1. The van der Waals surface area contributed by atoms with Crippen LogP contribution in [0.4, 0.5) is 4.39 Å². The number of likely N-dealkylation sites (tertiary alicyclic amines) is 1. The maximum atomic E-state index is 14.6. The number of rotatable bonds is 8. The standard InChI is InChI=1S/C23H30FN7.C2H3.Na/c1-14(20-7-4-12-31(20)2)29-21(19-9-8-17(23(27)28)22(24)30-19)16-6-3-5-15(13-16)18(26)10-11-25;1-2;/h3,5-6,8-11,13,20-21,23,25,29H,1,4,7,12,26-28H2,2H3;1H,2H2;/q;-1;+1/b18-10-,25-11?;;. The summed E-state index contributed by atoms with van der Waals surface area (Å²) in [6.45, 7) is 12.3. The predicted octanol–water partition coefficient (Wildman–Crippen LogP) is -0.0178. The Balaban J connectivity index is 0.00000188. The number of likely N-dealkylation sites (N-methyl/N-ethyl adjacent to an activating group) is 1. The third-order valence-electron chi connectivity index (χ3n) is 5.62. The third kappa shape index (κ3) is 7.33. The van der Waals surface area contributed by atoms with Crippen LogP contribution >= 0.6 is 0 Å². The summed E-state index contributed by atoms with van der Waals surface area (Å²) in [6, 6.07) is 10.6. The van der Waals surface area contributed by atoms with E-state index in [1.54, 1.807) is 12.1 Å². The topological polar surface area (TPSA) is 130 Å². The summed E-state index contributed by atoms with van der Waals surface area (Å²) in [5.41, 5.74) is 20.9. The van der Waals surface area contributed by atoms with Crippen LogP contribution in [0.1, 0.15) is 47.4 Å². The summed E-state index contributed by atoms with van der Waals surface area (Å²) in [6.07, 6.45) is 3.82. The summed E-state index contributed by atoms with van der Waals surface area (Å²) in [7, 11) is 2.07. The van der Waals surface area contributed by atoms with E-state index in [1.165, 1.54) is 6.08 Å². The second-order valence-electron chi connectivity index (χ2n) is 7.80. The van der Waals surface area contributed by atoms with Crippen molar-refractivity contribution >= 4 is 11.9 Å². The number of halogens is 1. The first-order valence-corrected chi connectivity index (χ1v) is 10.6. The van der Waals surface area contributed by atoms with Crippen LogP contribution in [-0.4, -0.2) is 35.7 Å². The van der Waals surface area contributed by atoms with Gasteiger partial charge >= 0.3 is 29.6 Å². The van der Waals surface area contributed by atoms with Crippen molar-refractivity contribution in [1.29, 1.82) is 5.41 Å². The van der Waals surface area contributed by atoms with E-state index in [0.717, 1.165) is 42.4 Å². The maximum Gasteiger partial charge on any atom is 1.00 e. The van der Waals surface area contributed by atoms with Crippen molar-refractivity contribution in [1.82, 2.24) is 15.2 Å². The number of nitrogens with one attached hydrogen (secondary N) is 2. The molecule has 1 saturated heterocycles. The van der Waals surface area contributed by atoms with Crippen molar-refractivity contribution in [2.45, 2.75) is 31.1 Å². The number of nitrogens with zero attached hydrogens (tertiary/aromatic N) is 2. The van der Waals surface area contributed by atoms with Gasteiger partial charge in [-0.2, -0.15) is 4.39 Å². The molecule has 2 unspecified atom stereocenters. The van der Waals surface area contributed by atoms with Gasteiger partial charge < -0.3 is 34.5 Å². The first-order chi connectivity index (χ1) is 15.8. The van der Waals surface area contributed by atoms with Gasteiger partial charge in [0.25, 0.3) is 0 Å². The van der Waals surface area contributed by atoms with Gasteiger partial charge in [-0.25, -0.2) is 4.98 Å². The molecule has 0 bridgehead atoms. The average molecular weight is 474 g/mol. The minimum Gasteiger partial charge on any atom is -0.521 e. The molecule has 2 atom stereocenters. The zero-order chi connectivity index (χ0) is 24.5. The number of hydrogen-bond acceptors (Lipinski definition) is 7. The molecule has 2 aromatic rings. The fourth-order valence-electron chi connectivity index (χ4n) is 3.91. The Bertz CT molecular complexity index is 1010. The van der Waals surface area contributed by atoms with Gasteiger partial charge in [0.2, 0.25) is 5.95 Å². The third-order valence-corrected chi connectivity index (χ3v) is 5.62. The van der Waals surface area contributed by atoms with Crippen LogP contribution in [-0.2, 0) is 0 Å². The van der Waals surface area contributed by atoms with Gasteiger partial charge in [0.1, 0.15) is 0 Å². The Labute approximate surface area is 223 Å². The van der Waals surface area contributed by atoms with E-state index in [1.807, 2.05) is 24.3 Å². The summed E-state index contributed by atoms with van der Waals surface area (Å²) >= 11 is 0. The van der Waals surface area contributed by atoms with Crippen LogP contribution in [0.3, 0.4) is 0 Å². The van der Waals surface area contributed by atoms with E-state index < -0.39 is 18.2 Å². The SMILES string of the molecule is C=C(NC(c1cccc(/C(N)=C/C=N)c1)c1ccc(C(N)N)c(F)n1)C1CCCN1C.[CH-]=C.[Na+]. The van der Waals surface area contributed by atoms with Crippen LogP contribution < -0.4 is 52.1 Å². The molecule has 1 aliphatic rings. The summed E-state index contributed by atoms with van der Waals surface area (Å²) in [4.78, 5) is 6.40. The molecule has 1 fully saturated rings. The van der Waals surface area contributed by atoms with Gasteiger partial charge in [0.05, 0.1) is 17.9 Å². The van der Waals surface area contributed by atoms with Crippen molar-refractivity contribution in [2.75, 3.05) is 13.6 Å². The Kier molecular flexibility index (Phi) is 12.4. The minimum absolute atomic E-state index is 0.